The number of hydrogen-bond acceptors (Lipinski definition) is 4. The molecule has 1 N–H and O–H groups in total. The Morgan fingerprint density at radius 1 is 1.30 bits per heavy atom. The van der Waals surface area contributed by atoms with Gasteiger partial charge < -0.3 is 5.32 Å². The van der Waals surface area contributed by atoms with E-state index in [2.05, 4.69) is 10.4 Å². The van der Waals surface area contributed by atoms with Crippen LogP contribution in [0, 0.1) is 12.8 Å². The van der Waals surface area contributed by atoms with Gasteiger partial charge in [-0.25, -0.2) is 13.1 Å². The summed E-state index contributed by atoms with van der Waals surface area (Å²) in [4.78, 5) is 12.1. The molecule has 1 fully saturated rings. The second-order valence-electron chi connectivity index (χ2n) is 5.93. The molecular weight excluding hydrogens is 314 g/mol. The van der Waals surface area contributed by atoms with E-state index < -0.39 is 9.84 Å². The largest absolute Gasteiger partial charge is 0.352 e. The highest BCUT2D eigenvalue weighted by Gasteiger charge is 2.27. The second kappa shape index (κ2) is 6.16. The number of amides is 1. The zero-order valence-electron chi connectivity index (χ0n) is 12.9. The zero-order valence-corrected chi connectivity index (χ0v) is 13.7. The van der Waals surface area contributed by atoms with Gasteiger partial charge in [0.1, 0.15) is 0 Å². The minimum Gasteiger partial charge on any atom is -0.352 e. The number of nitrogens with zero attached hydrogens (tertiary/aromatic N) is 2. The van der Waals surface area contributed by atoms with Crippen LogP contribution in [0.5, 0.6) is 0 Å². The van der Waals surface area contributed by atoms with E-state index in [0.29, 0.717) is 18.5 Å². The van der Waals surface area contributed by atoms with E-state index in [0.717, 1.165) is 11.4 Å². The highest BCUT2D eigenvalue weighted by Crippen LogP contribution is 2.17. The van der Waals surface area contributed by atoms with Crippen LogP contribution in [-0.2, 0) is 9.84 Å². The number of aryl methyl sites for hydroxylation is 1. The van der Waals surface area contributed by atoms with Crippen LogP contribution in [0.3, 0.4) is 0 Å². The molecule has 1 aliphatic rings. The van der Waals surface area contributed by atoms with Crippen LogP contribution in [0.2, 0.25) is 0 Å². The average molecular weight is 333 g/mol. The van der Waals surface area contributed by atoms with Gasteiger partial charge >= 0.3 is 0 Å². The van der Waals surface area contributed by atoms with Gasteiger partial charge in [-0.15, -0.1) is 0 Å². The van der Waals surface area contributed by atoms with Gasteiger partial charge in [0.25, 0.3) is 5.91 Å². The molecule has 1 unspecified atom stereocenters. The van der Waals surface area contributed by atoms with Crippen molar-refractivity contribution in [2.75, 3.05) is 18.1 Å². The smallest absolute Gasteiger partial charge is 0.251 e. The first-order valence-corrected chi connectivity index (χ1v) is 9.36. The summed E-state index contributed by atoms with van der Waals surface area (Å²) < 4.78 is 24.6. The number of benzene rings is 1. The first-order valence-electron chi connectivity index (χ1n) is 7.54. The van der Waals surface area contributed by atoms with Gasteiger partial charge in [0.05, 0.1) is 22.9 Å². The van der Waals surface area contributed by atoms with E-state index in [9.17, 15) is 13.2 Å². The van der Waals surface area contributed by atoms with Crippen LogP contribution < -0.4 is 5.32 Å². The lowest BCUT2D eigenvalue weighted by atomic mass is 10.1. The summed E-state index contributed by atoms with van der Waals surface area (Å²) in [7, 11) is -2.90. The lowest BCUT2D eigenvalue weighted by Gasteiger charge is -2.10. The molecule has 2 aromatic rings. The van der Waals surface area contributed by atoms with Crippen molar-refractivity contribution in [1.82, 2.24) is 15.1 Å². The third-order valence-electron chi connectivity index (χ3n) is 3.99. The predicted molar refractivity (Wildman–Crippen MR) is 87.4 cm³/mol. The van der Waals surface area contributed by atoms with Gasteiger partial charge in [0.2, 0.25) is 0 Å². The first kappa shape index (κ1) is 15.7. The van der Waals surface area contributed by atoms with Crippen molar-refractivity contribution in [1.29, 1.82) is 0 Å². The van der Waals surface area contributed by atoms with Crippen LogP contribution in [0.15, 0.2) is 36.5 Å². The molecule has 122 valence electrons. The summed E-state index contributed by atoms with van der Waals surface area (Å²) >= 11 is 0. The molecule has 3 rings (SSSR count). The number of hydrogen-bond donors (Lipinski definition) is 1. The third-order valence-corrected chi connectivity index (χ3v) is 5.83. The van der Waals surface area contributed by atoms with E-state index in [1.54, 1.807) is 16.8 Å². The molecule has 2 heterocycles. The van der Waals surface area contributed by atoms with E-state index in [1.165, 1.54) is 0 Å². The molecule has 0 saturated carbocycles. The third kappa shape index (κ3) is 3.79. The standard InChI is InChI=1S/C16H19N3O3S/c1-12-6-8-19(18-12)15-4-2-14(3-5-15)16(20)17-10-13-7-9-23(21,22)11-13/h2-6,8,13H,7,9-11H2,1H3,(H,17,20). The zero-order chi connectivity index (χ0) is 16.4. The normalized spacial score (nSPS) is 19.6. The number of aromatic nitrogens is 2. The summed E-state index contributed by atoms with van der Waals surface area (Å²) in [6.07, 6.45) is 2.49. The Morgan fingerprint density at radius 3 is 2.61 bits per heavy atom. The maximum absolute atomic E-state index is 12.1. The fraction of sp³-hybridized carbons (Fsp3) is 0.375. The summed E-state index contributed by atoms with van der Waals surface area (Å²) in [5.41, 5.74) is 2.37. The van der Waals surface area contributed by atoms with Gasteiger partial charge in [-0.2, -0.15) is 5.10 Å². The molecule has 23 heavy (non-hydrogen) atoms. The SMILES string of the molecule is Cc1ccn(-c2ccc(C(=O)NCC3CCS(=O)(=O)C3)cc2)n1. The molecule has 1 aromatic carbocycles. The summed E-state index contributed by atoms with van der Waals surface area (Å²) in [6.45, 7) is 2.32. The summed E-state index contributed by atoms with van der Waals surface area (Å²) in [6, 6.07) is 9.07. The minimum absolute atomic E-state index is 0.0234. The monoisotopic (exact) mass is 333 g/mol. The molecule has 7 heteroatoms. The van der Waals surface area contributed by atoms with E-state index in [4.69, 9.17) is 0 Å². The van der Waals surface area contributed by atoms with E-state index in [1.807, 2.05) is 31.3 Å². The lowest BCUT2D eigenvalue weighted by Crippen LogP contribution is -2.29. The summed E-state index contributed by atoms with van der Waals surface area (Å²) in [5.74, 6) is 0.240. The minimum atomic E-state index is -2.90. The highest BCUT2D eigenvalue weighted by molar-refractivity contribution is 7.91. The highest BCUT2D eigenvalue weighted by atomic mass is 32.2. The van der Waals surface area contributed by atoms with E-state index >= 15 is 0 Å². The molecule has 1 aromatic heterocycles. The Hall–Kier alpha value is -2.15. The molecule has 1 saturated heterocycles. The van der Waals surface area contributed by atoms with Gasteiger partial charge in [0, 0.05) is 18.3 Å². The molecule has 1 atom stereocenters. The molecule has 0 radical (unpaired) electrons. The number of nitrogens with one attached hydrogen (secondary N) is 1. The summed E-state index contributed by atoms with van der Waals surface area (Å²) in [5, 5.41) is 7.13. The fourth-order valence-electron chi connectivity index (χ4n) is 2.70. The van der Waals surface area contributed by atoms with Gasteiger partial charge in [0.15, 0.2) is 9.84 Å². The van der Waals surface area contributed by atoms with Crippen molar-refractivity contribution < 1.29 is 13.2 Å². The molecular formula is C16H19N3O3S. The van der Waals surface area contributed by atoms with Gasteiger partial charge in [-0.1, -0.05) is 0 Å². The maximum Gasteiger partial charge on any atom is 0.251 e. The number of carbonyl (C=O) groups is 1. The van der Waals surface area contributed by atoms with Crippen molar-refractivity contribution in [2.24, 2.45) is 5.92 Å². The van der Waals surface area contributed by atoms with Crippen LogP contribution in [-0.4, -0.2) is 42.2 Å². The fourth-order valence-corrected chi connectivity index (χ4v) is 4.56. The molecule has 6 nitrogen and oxygen atoms in total. The van der Waals surface area contributed by atoms with Crippen molar-refractivity contribution >= 4 is 15.7 Å². The first-order chi connectivity index (χ1) is 10.9. The molecule has 0 bridgehead atoms. The topological polar surface area (TPSA) is 81.1 Å². The Morgan fingerprint density at radius 2 is 2.04 bits per heavy atom. The number of sulfone groups is 1. The Kier molecular flexibility index (Phi) is 4.21. The molecule has 0 aliphatic carbocycles. The van der Waals surface area contributed by atoms with Crippen LogP contribution in [0.1, 0.15) is 22.5 Å². The van der Waals surface area contributed by atoms with Crippen molar-refractivity contribution in [3.05, 3.63) is 47.8 Å². The molecule has 1 aliphatic heterocycles. The predicted octanol–water partition coefficient (Wildman–Crippen LogP) is 1.35. The number of carbonyl (C=O) groups excluding carboxylic acids is 1. The van der Waals surface area contributed by atoms with Crippen molar-refractivity contribution in [3.63, 3.8) is 0 Å². The quantitative estimate of drug-likeness (QED) is 0.916. The Labute approximate surface area is 135 Å². The van der Waals surface area contributed by atoms with Gasteiger partial charge in [-0.3, -0.25) is 4.79 Å². The lowest BCUT2D eigenvalue weighted by molar-refractivity contribution is 0.0948. The van der Waals surface area contributed by atoms with Crippen LogP contribution in [0.25, 0.3) is 5.69 Å². The van der Waals surface area contributed by atoms with E-state index in [-0.39, 0.29) is 23.3 Å². The van der Waals surface area contributed by atoms with Crippen molar-refractivity contribution in [2.45, 2.75) is 13.3 Å². The van der Waals surface area contributed by atoms with Crippen LogP contribution in [0.4, 0.5) is 0 Å². The molecule has 0 spiro atoms. The molecule has 1 amide bonds. The Balaban J connectivity index is 1.60. The van der Waals surface area contributed by atoms with Crippen molar-refractivity contribution in [3.8, 4) is 5.69 Å². The van der Waals surface area contributed by atoms with Crippen LogP contribution >= 0.6 is 0 Å². The average Bonchev–Trinajstić information content (AvgIpc) is 3.10. The second-order valence-corrected chi connectivity index (χ2v) is 8.16. The number of rotatable bonds is 4. The maximum atomic E-state index is 12.1. The Bertz CT molecular complexity index is 809. The van der Waals surface area contributed by atoms with Gasteiger partial charge in [-0.05, 0) is 49.6 Å².